The van der Waals surface area contributed by atoms with Crippen molar-refractivity contribution >= 4 is 22.6 Å². The molecule has 0 fully saturated rings. The van der Waals surface area contributed by atoms with Gasteiger partial charge in [-0.15, -0.1) is 0 Å². The van der Waals surface area contributed by atoms with Gasteiger partial charge in [-0.1, -0.05) is 11.6 Å². The van der Waals surface area contributed by atoms with E-state index >= 15 is 0 Å². The number of hydrogen-bond acceptors (Lipinski definition) is 4. The highest BCUT2D eigenvalue weighted by molar-refractivity contribution is 6.33. The first-order valence-corrected chi connectivity index (χ1v) is 6.35. The second kappa shape index (κ2) is 5.05. The van der Waals surface area contributed by atoms with E-state index in [1.54, 1.807) is 16.9 Å². The molecule has 0 radical (unpaired) electrons. The van der Waals surface area contributed by atoms with E-state index in [9.17, 15) is 4.39 Å². The van der Waals surface area contributed by atoms with E-state index in [-0.39, 0.29) is 5.82 Å². The maximum absolute atomic E-state index is 13.3. The van der Waals surface area contributed by atoms with Crippen LogP contribution in [0.3, 0.4) is 0 Å². The minimum absolute atomic E-state index is 0.321. The summed E-state index contributed by atoms with van der Waals surface area (Å²) >= 11 is 5.99. The Kier molecular flexibility index (Phi) is 3.23. The van der Waals surface area contributed by atoms with Crippen LogP contribution in [0, 0.1) is 5.82 Å². The van der Waals surface area contributed by atoms with E-state index < -0.39 is 0 Å². The molecule has 0 saturated heterocycles. The van der Waals surface area contributed by atoms with E-state index in [0.717, 1.165) is 0 Å². The van der Waals surface area contributed by atoms with Gasteiger partial charge in [-0.3, -0.25) is 0 Å². The quantitative estimate of drug-likeness (QED) is 0.696. The molecule has 0 aliphatic heterocycles. The number of halogens is 2. The van der Waals surface area contributed by atoms with Crippen LogP contribution in [0.5, 0.6) is 5.75 Å². The molecule has 3 aromatic rings. The zero-order chi connectivity index (χ0) is 14.1. The van der Waals surface area contributed by atoms with Gasteiger partial charge in [0.15, 0.2) is 5.65 Å². The number of aromatic nitrogens is 4. The molecular formula is C13H10ClFN4O. The van der Waals surface area contributed by atoms with Gasteiger partial charge in [-0.2, -0.15) is 5.10 Å². The zero-order valence-corrected chi connectivity index (χ0v) is 11.3. The van der Waals surface area contributed by atoms with E-state index in [1.165, 1.54) is 18.5 Å². The summed E-state index contributed by atoms with van der Waals surface area (Å²) in [6.45, 7) is 2.25. The molecule has 20 heavy (non-hydrogen) atoms. The van der Waals surface area contributed by atoms with Crippen molar-refractivity contribution in [1.82, 2.24) is 19.7 Å². The molecule has 102 valence electrons. The summed E-state index contributed by atoms with van der Waals surface area (Å²) in [5.41, 5.74) is 1.13. The smallest absolute Gasteiger partial charge is 0.167 e. The molecule has 3 rings (SSSR count). The van der Waals surface area contributed by atoms with Crippen LogP contribution in [0.4, 0.5) is 4.39 Å². The van der Waals surface area contributed by atoms with Crippen molar-refractivity contribution in [3.8, 4) is 11.4 Å². The van der Waals surface area contributed by atoms with Gasteiger partial charge in [0.25, 0.3) is 0 Å². The van der Waals surface area contributed by atoms with Gasteiger partial charge < -0.3 is 4.74 Å². The summed E-state index contributed by atoms with van der Waals surface area (Å²) in [5.74, 6) is 0.0218. The molecule has 0 saturated carbocycles. The van der Waals surface area contributed by atoms with Crippen molar-refractivity contribution in [2.24, 2.45) is 0 Å². The van der Waals surface area contributed by atoms with Crippen LogP contribution in [0.25, 0.3) is 16.7 Å². The normalized spacial score (nSPS) is 10.9. The topological polar surface area (TPSA) is 52.8 Å². The number of ether oxygens (including phenoxy) is 1. The first-order chi connectivity index (χ1) is 9.70. The molecule has 0 unspecified atom stereocenters. The summed E-state index contributed by atoms with van der Waals surface area (Å²) in [7, 11) is 0. The largest absolute Gasteiger partial charge is 0.492 e. The summed E-state index contributed by atoms with van der Waals surface area (Å²) in [6, 6.07) is 4.24. The fourth-order valence-corrected chi connectivity index (χ4v) is 2.10. The summed E-state index contributed by atoms with van der Waals surface area (Å²) in [4.78, 5) is 8.05. The van der Waals surface area contributed by atoms with Crippen LogP contribution in [-0.4, -0.2) is 26.4 Å². The Balaban J connectivity index is 2.23. The van der Waals surface area contributed by atoms with Crippen molar-refractivity contribution in [3.63, 3.8) is 0 Å². The molecule has 5 nitrogen and oxygen atoms in total. The maximum atomic E-state index is 13.3. The van der Waals surface area contributed by atoms with E-state index in [4.69, 9.17) is 16.3 Å². The van der Waals surface area contributed by atoms with E-state index in [1.807, 2.05) is 6.92 Å². The van der Waals surface area contributed by atoms with E-state index in [0.29, 0.717) is 34.2 Å². The first-order valence-electron chi connectivity index (χ1n) is 5.97. The van der Waals surface area contributed by atoms with Gasteiger partial charge in [0.05, 0.1) is 18.2 Å². The Morgan fingerprint density at radius 1 is 1.35 bits per heavy atom. The fourth-order valence-electron chi connectivity index (χ4n) is 1.93. The van der Waals surface area contributed by atoms with Gasteiger partial charge in [0, 0.05) is 6.07 Å². The highest BCUT2D eigenvalue weighted by Crippen LogP contribution is 2.27. The van der Waals surface area contributed by atoms with Crippen LogP contribution < -0.4 is 4.74 Å². The molecular weight excluding hydrogens is 283 g/mol. The molecule has 7 heteroatoms. The summed E-state index contributed by atoms with van der Waals surface area (Å²) in [5, 5.41) is 5.17. The SMILES string of the molecule is CCOc1cc(F)ccc1-n1ncc2c(Cl)ncnc21. The van der Waals surface area contributed by atoms with Crippen LogP contribution in [-0.2, 0) is 0 Å². The molecule has 0 amide bonds. The number of benzene rings is 1. The Bertz CT molecular complexity index is 774. The number of fused-ring (bicyclic) bond motifs is 1. The molecule has 0 atom stereocenters. The van der Waals surface area contributed by atoms with Crippen molar-refractivity contribution in [2.75, 3.05) is 6.61 Å². The minimum Gasteiger partial charge on any atom is -0.492 e. The van der Waals surface area contributed by atoms with Crippen LogP contribution in [0.15, 0.2) is 30.7 Å². The lowest BCUT2D eigenvalue weighted by molar-refractivity contribution is 0.336. The Labute approximate surface area is 119 Å². The van der Waals surface area contributed by atoms with Crippen molar-refractivity contribution < 1.29 is 9.13 Å². The van der Waals surface area contributed by atoms with Crippen molar-refractivity contribution in [3.05, 3.63) is 41.7 Å². The summed E-state index contributed by atoms with van der Waals surface area (Å²) in [6.07, 6.45) is 2.92. The standard InChI is InChI=1S/C13H10ClFN4O/c1-2-20-11-5-8(15)3-4-10(11)19-13-9(6-18-19)12(14)16-7-17-13/h3-7H,2H2,1H3. The Morgan fingerprint density at radius 2 is 2.20 bits per heavy atom. The maximum Gasteiger partial charge on any atom is 0.167 e. The zero-order valence-electron chi connectivity index (χ0n) is 10.5. The lowest BCUT2D eigenvalue weighted by Crippen LogP contribution is -2.03. The number of rotatable bonds is 3. The third-order valence-corrected chi connectivity index (χ3v) is 3.07. The molecule has 0 spiro atoms. The molecule has 2 heterocycles. The predicted octanol–water partition coefficient (Wildman–Crippen LogP) is 3.01. The van der Waals surface area contributed by atoms with Crippen molar-refractivity contribution in [1.29, 1.82) is 0 Å². The monoisotopic (exact) mass is 292 g/mol. The molecule has 0 aliphatic carbocycles. The van der Waals surface area contributed by atoms with Crippen LogP contribution in [0.1, 0.15) is 6.92 Å². The van der Waals surface area contributed by atoms with Crippen LogP contribution >= 0.6 is 11.6 Å². The molecule has 0 aliphatic rings. The first kappa shape index (κ1) is 12.8. The molecule has 0 N–H and O–H groups in total. The Morgan fingerprint density at radius 3 is 3.00 bits per heavy atom. The molecule has 1 aromatic carbocycles. The summed E-state index contributed by atoms with van der Waals surface area (Å²) < 4.78 is 20.3. The fraction of sp³-hybridized carbons (Fsp3) is 0.154. The average Bonchev–Trinajstić information content (AvgIpc) is 2.85. The second-order valence-electron chi connectivity index (χ2n) is 4.00. The van der Waals surface area contributed by atoms with Gasteiger partial charge in [0.1, 0.15) is 28.7 Å². The second-order valence-corrected chi connectivity index (χ2v) is 4.36. The number of nitrogens with zero attached hydrogens (tertiary/aromatic N) is 4. The third kappa shape index (κ3) is 2.08. The molecule has 2 aromatic heterocycles. The van der Waals surface area contributed by atoms with Gasteiger partial charge in [-0.05, 0) is 19.1 Å². The minimum atomic E-state index is -0.374. The Hall–Kier alpha value is -2.21. The third-order valence-electron chi connectivity index (χ3n) is 2.77. The van der Waals surface area contributed by atoms with E-state index in [2.05, 4.69) is 15.1 Å². The van der Waals surface area contributed by atoms with Gasteiger partial charge in [-0.25, -0.2) is 19.0 Å². The highest BCUT2D eigenvalue weighted by atomic mass is 35.5. The highest BCUT2D eigenvalue weighted by Gasteiger charge is 2.14. The van der Waals surface area contributed by atoms with Gasteiger partial charge >= 0.3 is 0 Å². The lowest BCUT2D eigenvalue weighted by Gasteiger charge is -2.10. The lowest BCUT2D eigenvalue weighted by atomic mass is 10.3. The van der Waals surface area contributed by atoms with Crippen LogP contribution in [0.2, 0.25) is 5.15 Å². The van der Waals surface area contributed by atoms with Crippen molar-refractivity contribution in [2.45, 2.75) is 6.92 Å². The number of hydrogen-bond donors (Lipinski definition) is 0. The average molecular weight is 293 g/mol. The predicted molar refractivity (Wildman–Crippen MR) is 72.8 cm³/mol. The van der Waals surface area contributed by atoms with Gasteiger partial charge in [0.2, 0.25) is 0 Å². The molecule has 0 bridgehead atoms.